The van der Waals surface area contributed by atoms with Crippen LogP contribution in [0.3, 0.4) is 0 Å². The molecular formula is C20H20ClN5. The third-order valence-electron chi connectivity index (χ3n) is 4.54. The molecule has 0 radical (unpaired) electrons. The smallest absolute Gasteiger partial charge is 0.135 e. The lowest BCUT2D eigenvalue weighted by Crippen LogP contribution is -2.47. The Bertz CT molecular complexity index is 846. The van der Waals surface area contributed by atoms with Gasteiger partial charge in [-0.05, 0) is 23.8 Å². The van der Waals surface area contributed by atoms with Crippen molar-refractivity contribution in [2.45, 2.75) is 6.42 Å². The Morgan fingerprint density at radius 3 is 2.23 bits per heavy atom. The van der Waals surface area contributed by atoms with Crippen LogP contribution in [0.2, 0.25) is 5.02 Å². The number of piperazine rings is 1. The highest BCUT2D eigenvalue weighted by Gasteiger charge is 2.19. The second kappa shape index (κ2) is 7.70. The van der Waals surface area contributed by atoms with E-state index in [1.165, 1.54) is 5.56 Å². The van der Waals surface area contributed by atoms with Crippen molar-refractivity contribution in [1.82, 2.24) is 15.0 Å². The van der Waals surface area contributed by atoms with Gasteiger partial charge in [-0.2, -0.15) is 0 Å². The molecule has 0 atom stereocenters. The SMILES string of the molecule is Clc1ccc(N2CCN(c3ccnc(Cc4ccccc4)n3)CC2)nc1. The molecule has 2 aromatic heterocycles. The minimum absolute atomic E-state index is 0.666. The Kier molecular flexibility index (Phi) is 4.97. The zero-order chi connectivity index (χ0) is 17.8. The van der Waals surface area contributed by atoms with Gasteiger partial charge in [0.25, 0.3) is 0 Å². The van der Waals surface area contributed by atoms with Crippen molar-refractivity contribution < 1.29 is 0 Å². The highest BCUT2D eigenvalue weighted by Crippen LogP contribution is 2.19. The predicted octanol–water partition coefficient (Wildman–Crippen LogP) is 3.44. The number of rotatable bonds is 4. The van der Waals surface area contributed by atoms with Crippen LogP contribution < -0.4 is 9.80 Å². The van der Waals surface area contributed by atoms with Crippen LogP contribution in [0.1, 0.15) is 11.4 Å². The molecule has 3 heterocycles. The lowest BCUT2D eigenvalue weighted by atomic mass is 10.1. The summed E-state index contributed by atoms with van der Waals surface area (Å²) in [5.41, 5.74) is 1.23. The van der Waals surface area contributed by atoms with Gasteiger partial charge < -0.3 is 9.80 Å². The van der Waals surface area contributed by atoms with Crippen LogP contribution in [0.25, 0.3) is 0 Å². The van der Waals surface area contributed by atoms with E-state index < -0.39 is 0 Å². The van der Waals surface area contributed by atoms with Gasteiger partial charge in [0.05, 0.1) is 5.02 Å². The fourth-order valence-corrected chi connectivity index (χ4v) is 3.26. The molecule has 1 aliphatic heterocycles. The van der Waals surface area contributed by atoms with Gasteiger partial charge in [-0.3, -0.25) is 0 Å². The normalized spacial score (nSPS) is 14.5. The second-order valence-electron chi connectivity index (χ2n) is 6.30. The molecule has 132 valence electrons. The summed E-state index contributed by atoms with van der Waals surface area (Å²) >= 11 is 5.92. The molecule has 0 spiro atoms. The lowest BCUT2D eigenvalue weighted by Gasteiger charge is -2.36. The van der Waals surface area contributed by atoms with Crippen LogP contribution in [0.15, 0.2) is 60.9 Å². The molecule has 6 heteroatoms. The average molecular weight is 366 g/mol. The Morgan fingerprint density at radius 2 is 1.54 bits per heavy atom. The second-order valence-corrected chi connectivity index (χ2v) is 6.74. The minimum Gasteiger partial charge on any atom is -0.353 e. The van der Waals surface area contributed by atoms with Gasteiger partial charge in [0.2, 0.25) is 0 Å². The number of nitrogens with zero attached hydrogens (tertiary/aromatic N) is 5. The van der Waals surface area contributed by atoms with Crippen LogP contribution in [-0.2, 0) is 6.42 Å². The van der Waals surface area contributed by atoms with Crippen LogP contribution in [-0.4, -0.2) is 41.1 Å². The summed E-state index contributed by atoms with van der Waals surface area (Å²) in [6.07, 6.45) is 4.31. The zero-order valence-electron chi connectivity index (χ0n) is 14.4. The number of aromatic nitrogens is 3. The first-order valence-corrected chi connectivity index (χ1v) is 9.13. The van der Waals surface area contributed by atoms with Gasteiger partial charge in [0, 0.05) is 45.0 Å². The summed E-state index contributed by atoms with van der Waals surface area (Å²) in [6.45, 7) is 3.64. The van der Waals surface area contributed by atoms with Crippen molar-refractivity contribution in [2.24, 2.45) is 0 Å². The van der Waals surface area contributed by atoms with E-state index in [0.29, 0.717) is 5.02 Å². The quantitative estimate of drug-likeness (QED) is 0.708. The molecule has 5 nitrogen and oxygen atoms in total. The van der Waals surface area contributed by atoms with Crippen molar-refractivity contribution in [3.05, 3.63) is 77.3 Å². The van der Waals surface area contributed by atoms with Crippen LogP contribution in [0.4, 0.5) is 11.6 Å². The van der Waals surface area contributed by atoms with Crippen molar-refractivity contribution >= 4 is 23.2 Å². The Hall–Kier alpha value is -2.66. The molecule has 1 saturated heterocycles. The number of pyridine rings is 1. The lowest BCUT2D eigenvalue weighted by molar-refractivity contribution is 0.639. The molecule has 26 heavy (non-hydrogen) atoms. The summed E-state index contributed by atoms with van der Waals surface area (Å²) in [7, 11) is 0. The first-order chi connectivity index (χ1) is 12.8. The Morgan fingerprint density at radius 1 is 0.808 bits per heavy atom. The third kappa shape index (κ3) is 3.94. The Balaban J connectivity index is 1.41. The van der Waals surface area contributed by atoms with Crippen molar-refractivity contribution in [3.8, 4) is 0 Å². The fourth-order valence-electron chi connectivity index (χ4n) is 3.15. The van der Waals surface area contributed by atoms with E-state index in [0.717, 1.165) is 50.1 Å². The highest BCUT2D eigenvalue weighted by atomic mass is 35.5. The molecule has 0 unspecified atom stereocenters. The van der Waals surface area contributed by atoms with Crippen molar-refractivity contribution in [3.63, 3.8) is 0 Å². The number of anilines is 2. The summed E-state index contributed by atoms with van der Waals surface area (Å²) in [5, 5.41) is 0.666. The predicted molar refractivity (Wildman–Crippen MR) is 105 cm³/mol. The molecule has 0 amide bonds. The van der Waals surface area contributed by atoms with Crippen molar-refractivity contribution in [1.29, 1.82) is 0 Å². The number of benzene rings is 1. The van der Waals surface area contributed by atoms with E-state index >= 15 is 0 Å². The van der Waals surface area contributed by atoms with Crippen LogP contribution >= 0.6 is 11.6 Å². The van der Waals surface area contributed by atoms with Crippen LogP contribution in [0.5, 0.6) is 0 Å². The minimum atomic E-state index is 0.666. The molecule has 3 aromatic rings. The zero-order valence-corrected chi connectivity index (χ0v) is 15.2. The molecular weight excluding hydrogens is 346 g/mol. The van der Waals surface area contributed by atoms with E-state index in [2.05, 4.69) is 31.9 Å². The largest absolute Gasteiger partial charge is 0.353 e. The monoisotopic (exact) mass is 365 g/mol. The average Bonchev–Trinajstić information content (AvgIpc) is 2.70. The number of hydrogen-bond acceptors (Lipinski definition) is 5. The summed E-state index contributed by atoms with van der Waals surface area (Å²) in [5.74, 6) is 2.83. The molecule has 1 aromatic carbocycles. The van der Waals surface area contributed by atoms with Gasteiger partial charge in [0.1, 0.15) is 17.5 Å². The molecule has 1 aliphatic rings. The maximum absolute atomic E-state index is 5.92. The maximum Gasteiger partial charge on any atom is 0.135 e. The molecule has 0 aliphatic carbocycles. The maximum atomic E-state index is 5.92. The third-order valence-corrected chi connectivity index (χ3v) is 4.76. The first kappa shape index (κ1) is 16.8. The van der Waals surface area contributed by atoms with E-state index in [4.69, 9.17) is 16.6 Å². The van der Waals surface area contributed by atoms with Crippen LogP contribution in [0, 0.1) is 0 Å². The van der Waals surface area contributed by atoms with Gasteiger partial charge in [-0.25, -0.2) is 15.0 Å². The molecule has 0 N–H and O–H groups in total. The molecule has 0 bridgehead atoms. The van der Waals surface area contributed by atoms with Gasteiger partial charge in [-0.15, -0.1) is 0 Å². The van der Waals surface area contributed by atoms with Crippen molar-refractivity contribution in [2.75, 3.05) is 36.0 Å². The summed E-state index contributed by atoms with van der Waals surface area (Å²) < 4.78 is 0. The first-order valence-electron chi connectivity index (χ1n) is 8.75. The fraction of sp³-hybridized carbons (Fsp3) is 0.250. The Labute approximate surface area is 158 Å². The van der Waals surface area contributed by atoms with E-state index in [1.54, 1.807) is 6.20 Å². The number of halogens is 1. The van der Waals surface area contributed by atoms with E-state index in [1.807, 2.05) is 42.6 Å². The molecule has 1 fully saturated rings. The number of hydrogen-bond donors (Lipinski definition) is 0. The van der Waals surface area contributed by atoms with E-state index in [-0.39, 0.29) is 0 Å². The van der Waals surface area contributed by atoms with E-state index in [9.17, 15) is 0 Å². The summed E-state index contributed by atoms with van der Waals surface area (Å²) in [6, 6.07) is 16.2. The van der Waals surface area contributed by atoms with Gasteiger partial charge >= 0.3 is 0 Å². The standard InChI is InChI=1S/C20H20ClN5/c21-17-6-7-19(23-15-17)25-10-12-26(13-11-25)20-8-9-22-18(24-20)14-16-4-2-1-3-5-16/h1-9,15H,10-14H2. The molecule has 4 rings (SSSR count). The topological polar surface area (TPSA) is 45.2 Å². The van der Waals surface area contributed by atoms with Gasteiger partial charge in [0.15, 0.2) is 0 Å². The van der Waals surface area contributed by atoms with Gasteiger partial charge in [-0.1, -0.05) is 41.9 Å². The highest BCUT2D eigenvalue weighted by molar-refractivity contribution is 6.30. The molecule has 0 saturated carbocycles. The summed E-state index contributed by atoms with van der Waals surface area (Å²) in [4.78, 5) is 18.2.